The lowest BCUT2D eigenvalue weighted by molar-refractivity contribution is -0.136. The molecule has 0 fully saturated rings. The smallest absolute Gasteiger partial charge is 0.385 e. The third-order valence-corrected chi connectivity index (χ3v) is 3.49. The average molecular weight is 389 g/mol. The SMILES string of the molecule is COCCCNc1cnc(C(=O)Nc2ccc(Cl)cc2C(F)(F)F)cn1. The summed E-state index contributed by atoms with van der Waals surface area (Å²) in [5.74, 6) is -0.364. The number of hydrogen-bond donors (Lipinski definition) is 2. The number of nitrogens with zero attached hydrogens (tertiary/aromatic N) is 2. The van der Waals surface area contributed by atoms with Crippen molar-refractivity contribution < 1.29 is 22.7 Å². The van der Waals surface area contributed by atoms with Gasteiger partial charge in [0.25, 0.3) is 5.91 Å². The zero-order valence-corrected chi connectivity index (χ0v) is 14.5. The van der Waals surface area contributed by atoms with Crippen molar-refractivity contribution in [2.24, 2.45) is 0 Å². The van der Waals surface area contributed by atoms with Gasteiger partial charge in [0, 0.05) is 25.3 Å². The van der Waals surface area contributed by atoms with Gasteiger partial charge in [0.1, 0.15) is 11.5 Å². The van der Waals surface area contributed by atoms with Crippen LogP contribution >= 0.6 is 11.6 Å². The van der Waals surface area contributed by atoms with Crippen LogP contribution in [0.4, 0.5) is 24.7 Å². The highest BCUT2D eigenvalue weighted by atomic mass is 35.5. The summed E-state index contributed by atoms with van der Waals surface area (Å²) in [6, 6.07) is 3.09. The van der Waals surface area contributed by atoms with Crippen LogP contribution in [-0.4, -0.2) is 36.1 Å². The lowest BCUT2D eigenvalue weighted by Crippen LogP contribution is -2.18. The van der Waals surface area contributed by atoms with Crippen molar-refractivity contribution in [3.05, 3.63) is 46.9 Å². The predicted molar refractivity (Wildman–Crippen MR) is 91.4 cm³/mol. The fourth-order valence-electron chi connectivity index (χ4n) is 2.02. The van der Waals surface area contributed by atoms with E-state index in [-0.39, 0.29) is 10.7 Å². The van der Waals surface area contributed by atoms with E-state index >= 15 is 0 Å². The monoisotopic (exact) mass is 388 g/mol. The van der Waals surface area contributed by atoms with E-state index in [1.807, 2.05) is 0 Å². The van der Waals surface area contributed by atoms with Crippen molar-refractivity contribution >= 4 is 29.0 Å². The third-order valence-electron chi connectivity index (χ3n) is 3.25. The number of methoxy groups -OCH3 is 1. The molecule has 0 radical (unpaired) electrons. The van der Waals surface area contributed by atoms with Crippen LogP contribution in [0.2, 0.25) is 5.02 Å². The minimum Gasteiger partial charge on any atom is -0.385 e. The topological polar surface area (TPSA) is 76.1 Å². The molecule has 26 heavy (non-hydrogen) atoms. The average Bonchev–Trinajstić information content (AvgIpc) is 2.60. The van der Waals surface area contributed by atoms with Crippen LogP contribution in [0.25, 0.3) is 0 Å². The van der Waals surface area contributed by atoms with Gasteiger partial charge in [-0.1, -0.05) is 11.6 Å². The Kier molecular flexibility index (Phi) is 6.76. The van der Waals surface area contributed by atoms with Crippen molar-refractivity contribution in [1.29, 1.82) is 0 Å². The Balaban J connectivity index is 2.06. The minimum atomic E-state index is -4.66. The normalized spacial score (nSPS) is 11.3. The highest BCUT2D eigenvalue weighted by Crippen LogP contribution is 2.36. The number of aromatic nitrogens is 2. The lowest BCUT2D eigenvalue weighted by atomic mass is 10.1. The Morgan fingerprint density at radius 3 is 2.65 bits per heavy atom. The van der Waals surface area contributed by atoms with Crippen LogP contribution in [0.1, 0.15) is 22.5 Å². The second kappa shape index (κ2) is 8.81. The van der Waals surface area contributed by atoms with E-state index in [1.165, 1.54) is 18.5 Å². The van der Waals surface area contributed by atoms with E-state index in [0.717, 1.165) is 18.6 Å². The molecule has 0 aliphatic rings. The third kappa shape index (κ3) is 5.57. The highest BCUT2D eigenvalue weighted by Gasteiger charge is 2.34. The van der Waals surface area contributed by atoms with Crippen LogP contribution < -0.4 is 10.6 Å². The van der Waals surface area contributed by atoms with Crippen LogP contribution in [0.15, 0.2) is 30.6 Å². The highest BCUT2D eigenvalue weighted by molar-refractivity contribution is 6.30. The van der Waals surface area contributed by atoms with Crippen molar-refractivity contribution in [2.45, 2.75) is 12.6 Å². The number of amides is 1. The Morgan fingerprint density at radius 1 is 1.27 bits per heavy atom. The van der Waals surface area contributed by atoms with Crippen LogP contribution in [0.3, 0.4) is 0 Å². The van der Waals surface area contributed by atoms with Gasteiger partial charge in [-0.05, 0) is 24.6 Å². The zero-order chi connectivity index (χ0) is 19.2. The van der Waals surface area contributed by atoms with Gasteiger partial charge >= 0.3 is 6.18 Å². The summed E-state index contributed by atoms with van der Waals surface area (Å²) >= 11 is 5.61. The summed E-state index contributed by atoms with van der Waals surface area (Å²) < 4.78 is 44.1. The molecular formula is C16H16ClF3N4O2. The summed E-state index contributed by atoms with van der Waals surface area (Å²) in [5, 5.41) is 5.08. The van der Waals surface area contributed by atoms with Gasteiger partial charge in [0.2, 0.25) is 0 Å². The molecule has 1 aromatic heterocycles. The van der Waals surface area contributed by atoms with E-state index in [0.29, 0.717) is 19.0 Å². The first-order valence-corrected chi connectivity index (χ1v) is 7.92. The molecule has 0 atom stereocenters. The quantitative estimate of drug-likeness (QED) is 0.704. The van der Waals surface area contributed by atoms with Gasteiger partial charge in [0.05, 0.1) is 23.6 Å². The molecule has 0 aliphatic carbocycles. The largest absolute Gasteiger partial charge is 0.418 e. The molecule has 0 aliphatic heterocycles. The zero-order valence-electron chi connectivity index (χ0n) is 13.7. The minimum absolute atomic E-state index is 0.0842. The van der Waals surface area contributed by atoms with Gasteiger partial charge in [-0.2, -0.15) is 13.2 Å². The van der Waals surface area contributed by atoms with Gasteiger partial charge in [-0.3, -0.25) is 4.79 Å². The summed E-state index contributed by atoms with van der Waals surface area (Å²) in [6.07, 6.45) is -1.39. The number of alkyl halides is 3. The lowest BCUT2D eigenvalue weighted by Gasteiger charge is -2.14. The first-order chi connectivity index (χ1) is 12.3. The second-order valence-electron chi connectivity index (χ2n) is 5.20. The maximum absolute atomic E-state index is 13.1. The molecule has 0 bridgehead atoms. The molecule has 10 heteroatoms. The van der Waals surface area contributed by atoms with E-state index in [4.69, 9.17) is 16.3 Å². The maximum Gasteiger partial charge on any atom is 0.418 e. The maximum atomic E-state index is 13.1. The Morgan fingerprint density at radius 2 is 2.04 bits per heavy atom. The molecule has 0 saturated heterocycles. The number of halogens is 4. The summed E-state index contributed by atoms with van der Waals surface area (Å²) in [6.45, 7) is 1.19. The molecule has 2 rings (SSSR count). The van der Waals surface area contributed by atoms with E-state index in [2.05, 4.69) is 20.6 Å². The summed E-state index contributed by atoms with van der Waals surface area (Å²) in [7, 11) is 1.60. The van der Waals surface area contributed by atoms with Crippen LogP contribution in [0.5, 0.6) is 0 Å². The molecule has 1 aromatic carbocycles. The summed E-state index contributed by atoms with van der Waals surface area (Å²) in [5.41, 5.74) is -1.56. The van der Waals surface area contributed by atoms with E-state index < -0.39 is 23.3 Å². The van der Waals surface area contributed by atoms with Crippen molar-refractivity contribution in [2.75, 3.05) is 30.9 Å². The fourth-order valence-corrected chi connectivity index (χ4v) is 2.19. The van der Waals surface area contributed by atoms with Crippen molar-refractivity contribution in [3.8, 4) is 0 Å². The molecule has 1 heterocycles. The van der Waals surface area contributed by atoms with Gasteiger partial charge in [-0.15, -0.1) is 0 Å². The van der Waals surface area contributed by atoms with E-state index in [9.17, 15) is 18.0 Å². The molecular weight excluding hydrogens is 373 g/mol. The Bertz CT molecular complexity index is 754. The molecule has 140 valence electrons. The van der Waals surface area contributed by atoms with Crippen LogP contribution in [-0.2, 0) is 10.9 Å². The summed E-state index contributed by atoms with van der Waals surface area (Å²) in [4.78, 5) is 20.1. The predicted octanol–water partition coefficient (Wildman–Crippen LogP) is 3.85. The van der Waals surface area contributed by atoms with Crippen molar-refractivity contribution in [3.63, 3.8) is 0 Å². The molecule has 0 unspecified atom stereocenters. The Labute approximate surface area is 152 Å². The molecule has 2 aromatic rings. The molecule has 1 amide bonds. The Hall–Kier alpha value is -2.39. The molecule has 2 N–H and O–H groups in total. The standard InChI is InChI=1S/C16H16ClF3N4O2/c1-26-6-2-5-21-14-9-22-13(8-23-14)15(25)24-12-4-3-10(17)7-11(12)16(18,19)20/h3-4,7-9H,2,5-6H2,1H3,(H,21,23)(H,24,25). The second-order valence-corrected chi connectivity index (χ2v) is 5.64. The number of rotatable bonds is 7. The number of carbonyl (C=O) groups excluding carboxylic acids is 1. The fraction of sp³-hybridized carbons (Fsp3) is 0.312. The van der Waals surface area contributed by atoms with Crippen LogP contribution in [0, 0.1) is 0 Å². The number of benzene rings is 1. The number of ether oxygens (including phenoxy) is 1. The van der Waals surface area contributed by atoms with Gasteiger partial charge in [-0.25, -0.2) is 9.97 Å². The first kappa shape index (κ1) is 19.9. The van der Waals surface area contributed by atoms with Crippen molar-refractivity contribution in [1.82, 2.24) is 9.97 Å². The number of hydrogen-bond acceptors (Lipinski definition) is 5. The van der Waals surface area contributed by atoms with E-state index in [1.54, 1.807) is 7.11 Å². The van der Waals surface area contributed by atoms with Gasteiger partial charge in [0.15, 0.2) is 0 Å². The molecule has 0 spiro atoms. The first-order valence-electron chi connectivity index (χ1n) is 7.54. The number of nitrogens with one attached hydrogen (secondary N) is 2. The van der Waals surface area contributed by atoms with Gasteiger partial charge < -0.3 is 15.4 Å². The molecule has 0 saturated carbocycles. The number of carbonyl (C=O) groups is 1. The number of anilines is 2. The molecule has 6 nitrogen and oxygen atoms in total.